The van der Waals surface area contributed by atoms with Gasteiger partial charge >= 0.3 is 0 Å². The molecule has 1 aromatic carbocycles. The molecule has 0 radical (unpaired) electrons. The van der Waals surface area contributed by atoms with E-state index in [-0.39, 0.29) is 24.5 Å². The van der Waals surface area contributed by atoms with Gasteiger partial charge in [0, 0.05) is 20.1 Å². The number of carbonyl (C=O) groups is 2. The lowest BCUT2D eigenvalue weighted by molar-refractivity contribution is -0.146. The van der Waals surface area contributed by atoms with E-state index in [1.807, 2.05) is 31.2 Å². The first-order chi connectivity index (χ1) is 9.54. The van der Waals surface area contributed by atoms with Crippen molar-refractivity contribution in [2.75, 3.05) is 26.7 Å². The summed E-state index contributed by atoms with van der Waals surface area (Å²) in [4.78, 5) is 24.8. The second-order valence-corrected chi connectivity index (χ2v) is 5.18. The lowest BCUT2D eigenvalue weighted by Crippen LogP contribution is -2.48. The van der Waals surface area contributed by atoms with Gasteiger partial charge in [0.05, 0.1) is 12.5 Å². The van der Waals surface area contributed by atoms with Gasteiger partial charge in [0.25, 0.3) is 0 Å². The van der Waals surface area contributed by atoms with Crippen LogP contribution in [0.1, 0.15) is 11.1 Å². The molecule has 5 heteroatoms. The van der Waals surface area contributed by atoms with Crippen molar-refractivity contribution in [2.24, 2.45) is 0 Å². The number of nitrogens with one attached hydrogen (secondary N) is 1. The van der Waals surface area contributed by atoms with Crippen molar-refractivity contribution in [3.63, 3.8) is 0 Å². The molecule has 5 nitrogen and oxygen atoms in total. The molecule has 1 unspecified atom stereocenters. The van der Waals surface area contributed by atoms with Crippen LogP contribution in [-0.4, -0.2) is 49.6 Å². The zero-order valence-corrected chi connectivity index (χ0v) is 11.9. The van der Waals surface area contributed by atoms with Gasteiger partial charge in [-0.15, -0.1) is 0 Å². The summed E-state index contributed by atoms with van der Waals surface area (Å²) in [5.74, 6) is -0.0499. The standard InChI is InChI=1S/C15H20N2O3/c1-11-4-3-5-12(6-11)7-14(18)16-8-13-9-17(2)15(19)10-20-13/h3-6,13H,7-10H2,1-2H3,(H,16,18). The molecule has 0 aliphatic carbocycles. The monoisotopic (exact) mass is 276 g/mol. The Bertz CT molecular complexity index is 502. The van der Waals surface area contributed by atoms with Crippen LogP contribution in [0.5, 0.6) is 0 Å². The fourth-order valence-electron chi connectivity index (χ4n) is 2.18. The fraction of sp³-hybridized carbons (Fsp3) is 0.467. The molecule has 1 N–H and O–H groups in total. The Kier molecular flexibility index (Phi) is 4.74. The van der Waals surface area contributed by atoms with Crippen molar-refractivity contribution < 1.29 is 14.3 Å². The molecule has 108 valence electrons. The first kappa shape index (κ1) is 14.5. The van der Waals surface area contributed by atoms with Crippen molar-refractivity contribution in [1.82, 2.24) is 10.2 Å². The Morgan fingerprint density at radius 1 is 1.50 bits per heavy atom. The largest absolute Gasteiger partial charge is 0.365 e. The summed E-state index contributed by atoms with van der Waals surface area (Å²) in [6.45, 7) is 3.05. The molecule has 0 aromatic heterocycles. The van der Waals surface area contributed by atoms with E-state index in [0.717, 1.165) is 11.1 Å². The summed E-state index contributed by atoms with van der Waals surface area (Å²) in [5, 5.41) is 2.85. The third kappa shape index (κ3) is 4.06. The summed E-state index contributed by atoms with van der Waals surface area (Å²) < 4.78 is 5.37. The van der Waals surface area contributed by atoms with E-state index in [1.165, 1.54) is 0 Å². The summed E-state index contributed by atoms with van der Waals surface area (Å²) in [6, 6.07) is 7.89. The number of aryl methyl sites for hydroxylation is 1. The summed E-state index contributed by atoms with van der Waals surface area (Å²) >= 11 is 0. The van der Waals surface area contributed by atoms with Crippen LogP contribution in [0.25, 0.3) is 0 Å². The minimum atomic E-state index is -0.126. The Morgan fingerprint density at radius 3 is 3.00 bits per heavy atom. The third-order valence-electron chi connectivity index (χ3n) is 3.32. The van der Waals surface area contributed by atoms with Crippen molar-refractivity contribution in [3.8, 4) is 0 Å². The number of morpholine rings is 1. The SMILES string of the molecule is Cc1cccc(CC(=O)NCC2CN(C)C(=O)CO2)c1. The first-order valence-electron chi connectivity index (χ1n) is 6.72. The molecule has 0 bridgehead atoms. The Hall–Kier alpha value is -1.88. The average molecular weight is 276 g/mol. The highest BCUT2D eigenvalue weighted by molar-refractivity contribution is 5.79. The van der Waals surface area contributed by atoms with Crippen LogP contribution in [0.15, 0.2) is 24.3 Å². The molecule has 1 aliphatic rings. The van der Waals surface area contributed by atoms with Gasteiger partial charge in [-0.05, 0) is 12.5 Å². The number of hydrogen-bond donors (Lipinski definition) is 1. The van der Waals surface area contributed by atoms with E-state index in [1.54, 1.807) is 11.9 Å². The second kappa shape index (κ2) is 6.52. The minimum absolute atomic E-state index is 0.0210. The molecule has 1 atom stereocenters. The van der Waals surface area contributed by atoms with Gasteiger partial charge in [-0.1, -0.05) is 29.8 Å². The number of carbonyl (C=O) groups excluding carboxylic acids is 2. The maximum Gasteiger partial charge on any atom is 0.248 e. The molecular formula is C15H20N2O3. The third-order valence-corrected chi connectivity index (χ3v) is 3.32. The van der Waals surface area contributed by atoms with Crippen LogP contribution in [0.2, 0.25) is 0 Å². The molecular weight excluding hydrogens is 256 g/mol. The van der Waals surface area contributed by atoms with Gasteiger partial charge in [0.1, 0.15) is 6.61 Å². The van der Waals surface area contributed by atoms with Crippen LogP contribution in [0, 0.1) is 6.92 Å². The molecule has 1 heterocycles. The highest BCUT2D eigenvalue weighted by Crippen LogP contribution is 2.06. The Labute approximate surface area is 118 Å². The Balaban J connectivity index is 1.77. The molecule has 0 spiro atoms. The first-order valence-corrected chi connectivity index (χ1v) is 6.72. The number of hydrogen-bond acceptors (Lipinski definition) is 3. The number of nitrogens with zero attached hydrogens (tertiary/aromatic N) is 1. The molecule has 2 amide bonds. The maximum atomic E-state index is 11.9. The second-order valence-electron chi connectivity index (χ2n) is 5.18. The number of rotatable bonds is 4. The predicted octanol–water partition coefficient (Wildman–Crippen LogP) is 0.511. The number of likely N-dealkylation sites (N-methyl/N-ethyl adjacent to an activating group) is 1. The van der Waals surface area contributed by atoms with Gasteiger partial charge in [0.2, 0.25) is 11.8 Å². The predicted molar refractivity (Wildman–Crippen MR) is 75.3 cm³/mol. The van der Waals surface area contributed by atoms with E-state index in [0.29, 0.717) is 19.5 Å². The quantitative estimate of drug-likeness (QED) is 0.872. The van der Waals surface area contributed by atoms with Gasteiger partial charge in [-0.3, -0.25) is 9.59 Å². The minimum Gasteiger partial charge on any atom is -0.365 e. The molecule has 1 saturated heterocycles. The van der Waals surface area contributed by atoms with Crippen molar-refractivity contribution in [1.29, 1.82) is 0 Å². The molecule has 1 fully saturated rings. The van der Waals surface area contributed by atoms with Crippen molar-refractivity contribution in [3.05, 3.63) is 35.4 Å². The Morgan fingerprint density at radius 2 is 2.30 bits per heavy atom. The van der Waals surface area contributed by atoms with Gasteiger partial charge in [-0.25, -0.2) is 0 Å². The lowest BCUT2D eigenvalue weighted by Gasteiger charge is -2.29. The smallest absolute Gasteiger partial charge is 0.248 e. The zero-order chi connectivity index (χ0) is 14.5. The van der Waals surface area contributed by atoms with Gasteiger partial charge in [-0.2, -0.15) is 0 Å². The number of benzene rings is 1. The van der Waals surface area contributed by atoms with E-state index in [2.05, 4.69) is 5.32 Å². The van der Waals surface area contributed by atoms with Gasteiger partial charge in [0.15, 0.2) is 0 Å². The average Bonchev–Trinajstić information content (AvgIpc) is 2.40. The van der Waals surface area contributed by atoms with Gasteiger partial charge < -0.3 is 15.0 Å². The lowest BCUT2D eigenvalue weighted by atomic mass is 10.1. The molecule has 1 aliphatic heterocycles. The summed E-state index contributed by atoms with van der Waals surface area (Å²) in [5.41, 5.74) is 2.14. The van der Waals surface area contributed by atoms with Crippen molar-refractivity contribution >= 4 is 11.8 Å². The highest BCUT2D eigenvalue weighted by atomic mass is 16.5. The molecule has 0 saturated carbocycles. The van der Waals surface area contributed by atoms with E-state index >= 15 is 0 Å². The fourth-order valence-corrected chi connectivity index (χ4v) is 2.18. The van der Waals surface area contributed by atoms with Crippen LogP contribution >= 0.6 is 0 Å². The zero-order valence-electron chi connectivity index (χ0n) is 11.9. The van der Waals surface area contributed by atoms with E-state index in [9.17, 15) is 9.59 Å². The van der Waals surface area contributed by atoms with Crippen LogP contribution in [0.3, 0.4) is 0 Å². The van der Waals surface area contributed by atoms with Crippen molar-refractivity contribution in [2.45, 2.75) is 19.4 Å². The van der Waals surface area contributed by atoms with Crippen LogP contribution in [0.4, 0.5) is 0 Å². The van der Waals surface area contributed by atoms with Crippen LogP contribution < -0.4 is 5.32 Å². The summed E-state index contributed by atoms with van der Waals surface area (Å²) in [7, 11) is 1.74. The molecule has 1 aromatic rings. The number of ether oxygens (including phenoxy) is 1. The highest BCUT2D eigenvalue weighted by Gasteiger charge is 2.23. The number of amides is 2. The van der Waals surface area contributed by atoms with E-state index < -0.39 is 0 Å². The maximum absolute atomic E-state index is 11.9. The van der Waals surface area contributed by atoms with Crippen LogP contribution in [-0.2, 0) is 20.7 Å². The molecule has 2 rings (SSSR count). The summed E-state index contributed by atoms with van der Waals surface area (Å²) in [6.07, 6.45) is 0.238. The molecule has 20 heavy (non-hydrogen) atoms. The van der Waals surface area contributed by atoms with E-state index in [4.69, 9.17) is 4.74 Å². The normalized spacial score (nSPS) is 19.0. The topological polar surface area (TPSA) is 58.6 Å².